The molecule has 0 radical (unpaired) electrons. The molecule has 5 nitrogen and oxygen atoms in total. The highest BCUT2D eigenvalue weighted by molar-refractivity contribution is 7.21. The number of para-hydroxylation sites is 1. The highest BCUT2D eigenvalue weighted by atomic mass is 32.1. The Bertz CT molecular complexity index is 1160. The number of aromatic nitrogens is 2. The molecule has 0 saturated carbocycles. The molecular weight excluding hydrogens is 370 g/mol. The average Bonchev–Trinajstić information content (AvgIpc) is 3.37. The summed E-state index contributed by atoms with van der Waals surface area (Å²) in [5.41, 5.74) is 3.30. The molecule has 0 bridgehead atoms. The van der Waals surface area contributed by atoms with Gasteiger partial charge in [-0.05, 0) is 29.7 Å². The molecule has 0 unspecified atom stereocenters. The van der Waals surface area contributed by atoms with Gasteiger partial charge in [0.15, 0.2) is 6.61 Å². The van der Waals surface area contributed by atoms with Gasteiger partial charge in [-0.3, -0.25) is 4.79 Å². The molecule has 0 aliphatic carbocycles. The number of benzene rings is 2. The van der Waals surface area contributed by atoms with Crippen molar-refractivity contribution in [1.82, 2.24) is 9.97 Å². The highest BCUT2D eigenvalue weighted by Crippen LogP contribution is 2.35. The lowest BCUT2D eigenvalue weighted by Crippen LogP contribution is -2.33. The summed E-state index contributed by atoms with van der Waals surface area (Å²) in [6.45, 7) is 0.647. The first-order valence-corrected chi connectivity index (χ1v) is 9.92. The van der Waals surface area contributed by atoms with Gasteiger partial charge >= 0.3 is 0 Å². The molecule has 6 heteroatoms. The van der Waals surface area contributed by atoms with Crippen LogP contribution in [-0.2, 0) is 11.2 Å². The molecule has 0 saturated heterocycles. The van der Waals surface area contributed by atoms with E-state index in [1.807, 2.05) is 42.5 Å². The van der Waals surface area contributed by atoms with Crippen molar-refractivity contribution < 1.29 is 9.53 Å². The number of amides is 1. The van der Waals surface area contributed by atoms with Crippen LogP contribution in [0.2, 0.25) is 0 Å². The van der Waals surface area contributed by atoms with E-state index in [9.17, 15) is 4.79 Å². The lowest BCUT2D eigenvalue weighted by atomic mass is 10.2. The minimum absolute atomic E-state index is 0.0447. The van der Waals surface area contributed by atoms with Gasteiger partial charge in [-0.1, -0.05) is 48.5 Å². The third-order valence-corrected chi connectivity index (χ3v) is 5.96. The second-order valence-corrected chi connectivity index (χ2v) is 7.62. The fraction of sp³-hybridized carbons (Fsp3) is 0.136. The van der Waals surface area contributed by atoms with Gasteiger partial charge in [0, 0.05) is 17.1 Å². The topological polar surface area (TPSA) is 55.3 Å². The number of carbonyl (C=O) groups excluding carboxylic acids is 1. The van der Waals surface area contributed by atoms with Crippen LogP contribution in [0.15, 0.2) is 67.0 Å². The molecule has 4 aromatic rings. The molecular formula is C22H17N3O2S. The lowest BCUT2D eigenvalue weighted by Gasteiger charge is -2.17. The molecule has 138 valence electrons. The molecule has 3 heterocycles. The van der Waals surface area contributed by atoms with Crippen molar-refractivity contribution in [2.75, 3.05) is 18.1 Å². The fourth-order valence-corrected chi connectivity index (χ4v) is 4.49. The molecule has 0 fully saturated rings. The first-order chi connectivity index (χ1) is 13.8. The first-order valence-electron chi connectivity index (χ1n) is 9.10. The van der Waals surface area contributed by atoms with E-state index < -0.39 is 0 Å². The summed E-state index contributed by atoms with van der Waals surface area (Å²) in [5, 5.41) is 0.834. The maximum Gasteiger partial charge on any atom is 0.264 e. The van der Waals surface area contributed by atoms with Crippen LogP contribution >= 0.6 is 11.3 Å². The van der Waals surface area contributed by atoms with Crippen LogP contribution in [0.3, 0.4) is 0 Å². The van der Waals surface area contributed by atoms with E-state index in [-0.39, 0.29) is 12.5 Å². The Morgan fingerprint density at radius 3 is 2.79 bits per heavy atom. The van der Waals surface area contributed by atoms with Crippen molar-refractivity contribution in [2.24, 2.45) is 0 Å². The largest absolute Gasteiger partial charge is 0.467 e. The van der Waals surface area contributed by atoms with Gasteiger partial charge in [0.05, 0.1) is 5.39 Å². The Labute approximate surface area is 166 Å². The number of anilines is 1. The number of thiophene rings is 1. The molecule has 28 heavy (non-hydrogen) atoms. The zero-order valence-corrected chi connectivity index (χ0v) is 15.9. The van der Waals surface area contributed by atoms with Crippen molar-refractivity contribution in [3.8, 4) is 16.3 Å². The van der Waals surface area contributed by atoms with E-state index in [0.29, 0.717) is 12.4 Å². The second-order valence-electron chi connectivity index (χ2n) is 6.59. The number of fused-ring (bicyclic) bond motifs is 2. The standard InChI is InChI=1S/C22H17N3O2S/c26-20(25-11-10-15-6-4-5-9-18(15)25)13-27-21-17-12-19(16-7-2-1-3-8-16)28-22(17)24-14-23-21/h1-9,12,14H,10-11,13H2. The molecule has 0 atom stereocenters. The summed E-state index contributed by atoms with van der Waals surface area (Å²) in [4.78, 5) is 25.1. The van der Waals surface area contributed by atoms with E-state index in [1.165, 1.54) is 11.9 Å². The number of ether oxygens (including phenoxy) is 1. The summed E-state index contributed by atoms with van der Waals surface area (Å²) in [5.74, 6) is 0.388. The van der Waals surface area contributed by atoms with Crippen LogP contribution in [0.25, 0.3) is 20.7 Å². The molecule has 2 aromatic carbocycles. The Morgan fingerprint density at radius 1 is 1.07 bits per heavy atom. The van der Waals surface area contributed by atoms with E-state index in [1.54, 1.807) is 16.2 Å². The Kier molecular flexibility index (Phi) is 4.25. The molecule has 1 aliphatic rings. The average molecular weight is 387 g/mol. The number of rotatable bonds is 4. The van der Waals surface area contributed by atoms with Crippen LogP contribution in [0.4, 0.5) is 5.69 Å². The predicted octanol–water partition coefficient (Wildman–Crippen LogP) is 4.33. The van der Waals surface area contributed by atoms with Crippen molar-refractivity contribution in [3.63, 3.8) is 0 Å². The van der Waals surface area contributed by atoms with Crippen LogP contribution in [0.1, 0.15) is 5.56 Å². The SMILES string of the molecule is O=C(COc1ncnc2sc(-c3ccccc3)cc12)N1CCc2ccccc21. The van der Waals surface area contributed by atoms with E-state index in [0.717, 1.165) is 32.8 Å². The quantitative estimate of drug-likeness (QED) is 0.523. The number of carbonyl (C=O) groups is 1. The maximum atomic E-state index is 12.7. The monoisotopic (exact) mass is 387 g/mol. The Balaban J connectivity index is 1.37. The van der Waals surface area contributed by atoms with Gasteiger partial charge in [-0.2, -0.15) is 0 Å². The van der Waals surface area contributed by atoms with Gasteiger partial charge in [-0.15, -0.1) is 11.3 Å². The number of hydrogen-bond acceptors (Lipinski definition) is 5. The molecule has 1 aliphatic heterocycles. The number of nitrogens with zero attached hydrogens (tertiary/aromatic N) is 3. The Hall–Kier alpha value is -3.25. The smallest absolute Gasteiger partial charge is 0.264 e. The van der Waals surface area contributed by atoms with E-state index >= 15 is 0 Å². The molecule has 0 spiro atoms. The third kappa shape index (κ3) is 3.01. The summed E-state index contributed by atoms with van der Waals surface area (Å²) < 4.78 is 5.82. The van der Waals surface area contributed by atoms with Crippen LogP contribution in [0, 0.1) is 0 Å². The van der Waals surface area contributed by atoms with Gasteiger partial charge in [-0.25, -0.2) is 9.97 Å². The van der Waals surface area contributed by atoms with Crippen molar-refractivity contribution >= 4 is 33.1 Å². The van der Waals surface area contributed by atoms with E-state index in [4.69, 9.17) is 4.74 Å². The zero-order chi connectivity index (χ0) is 18.9. The summed E-state index contributed by atoms with van der Waals surface area (Å²) in [7, 11) is 0. The van der Waals surface area contributed by atoms with Gasteiger partial charge < -0.3 is 9.64 Å². The molecule has 2 aromatic heterocycles. The normalized spacial score (nSPS) is 12.9. The second kappa shape index (κ2) is 7.05. The predicted molar refractivity (Wildman–Crippen MR) is 111 cm³/mol. The van der Waals surface area contributed by atoms with Crippen molar-refractivity contribution in [1.29, 1.82) is 0 Å². The van der Waals surface area contributed by atoms with Crippen LogP contribution < -0.4 is 9.64 Å². The minimum atomic E-state index is -0.0600. The van der Waals surface area contributed by atoms with Crippen LogP contribution in [-0.4, -0.2) is 29.0 Å². The van der Waals surface area contributed by atoms with Gasteiger partial charge in [0.1, 0.15) is 11.2 Å². The van der Waals surface area contributed by atoms with Crippen LogP contribution in [0.5, 0.6) is 5.88 Å². The zero-order valence-electron chi connectivity index (χ0n) is 15.0. The highest BCUT2D eigenvalue weighted by Gasteiger charge is 2.24. The first kappa shape index (κ1) is 16.9. The van der Waals surface area contributed by atoms with Crippen molar-refractivity contribution in [2.45, 2.75) is 6.42 Å². The maximum absolute atomic E-state index is 12.7. The molecule has 5 rings (SSSR count). The summed E-state index contributed by atoms with van der Waals surface area (Å²) in [6, 6.07) is 20.2. The van der Waals surface area contributed by atoms with Crippen molar-refractivity contribution in [3.05, 3.63) is 72.6 Å². The Morgan fingerprint density at radius 2 is 1.89 bits per heavy atom. The third-order valence-electron chi connectivity index (χ3n) is 4.87. The molecule has 1 amide bonds. The van der Waals surface area contributed by atoms with E-state index in [2.05, 4.69) is 28.2 Å². The summed E-state index contributed by atoms with van der Waals surface area (Å²) >= 11 is 1.59. The fourth-order valence-electron chi connectivity index (χ4n) is 3.50. The lowest BCUT2D eigenvalue weighted by molar-refractivity contribution is -0.120. The minimum Gasteiger partial charge on any atom is -0.467 e. The number of hydrogen-bond donors (Lipinski definition) is 0. The summed E-state index contributed by atoms with van der Waals surface area (Å²) in [6.07, 6.45) is 2.36. The van der Waals surface area contributed by atoms with Gasteiger partial charge in [0.2, 0.25) is 5.88 Å². The molecule has 0 N–H and O–H groups in total. The van der Waals surface area contributed by atoms with Gasteiger partial charge in [0.25, 0.3) is 5.91 Å².